The van der Waals surface area contributed by atoms with Gasteiger partial charge in [-0.05, 0) is 44.5 Å². The van der Waals surface area contributed by atoms with Crippen LogP contribution in [0.25, 0.3) is 0 Å². The quantitative estimate of drug-likeness (QED) is 0.905. The summed E-state index contributed by atoms with van der Waals surface area (Å²) in [6.07, 6.45) is 2.08. The Morgan fingerprint density at radius 2 is 2.21 bits per heavy atom. The van der Waals surface area contributed by atoms with Gasteiger partial charge < -0.3 is 10.2 Å². The molecule has 0 saturated carbocycles. The van der Waals surface area contributed by atoms with Crippen LogP contribution < -0.4 is 5.32 Å². The van der Waals surface area contributed by atoms with Gasteiger partial charge in [-0.15, -0.1) is 12.4 Å². The number of likely N-dealkylation sites (N-methyl/N-ethyl adjacent to an activating group) is 1. The van der Waals surface area contributed by atoms with Gasteiger partial charge in [0.25, 0.3) is 5.91 Å². The Bertz CT molecular complexity index is 453. The Morgan fingerprint density at radius 1 is 1.47 bits per heavy atom. The first-order valence-corrected chi connectivity index (χ1v) is 6.34. The van der Waals surface area contributed by atoms with Crippen LogP contribution in [0.3, 0.4) is 0 Å². The predicted molar refractivity (Wildman–Crippen MR) is 76.4 cm³/mol. The Hall–Kier alpha value is -1.13. The average molecular weight is 287 g/mol. The molecule has 0 spiro atoms. The summed E-state index contributed by atoms with van der Waals surface area (Å²) in [4.78, 5) is 14.1. The van der Waals surface area contributed by atoms with Crippen molar-refractivity contribution in [2.45, 2.75) is 25.8 Å². The molecular weight excluding hydrogens is 267 g/mol. The fourth-order valence-corrected chi connectivity index (χ4v) is 2.31. The Morgan fingerprint density at radius 3 is 2.84 bits per heavy atom. The number of halogens is 2. The van der Waals surface area contributed by atoms with Crippen LogP contribution in [-0.4, -0.2) is 37.0 Å². The Labute approximate surface area is 119 Å². The van der Waals surface area contributed by atoms with Crippen molar-refractivity contribution in [2.75, 3.05) is 20.1 Å². The number of amides is 1. The van der Waals surface area contributed by atoms with Crippen LogP contribution in [0.1, 0.15) is 28.8 Å². The highest BCUT2D eigenvalue weighted by molar-refractivity contribution is 5.94. The van der Waals surface area contributed by atoms with Crippen LogP contribution in [0.4, 0.5) is 4.39 Å². The molecule has 3 nitrogen and oxygen atoms in total. The molecule has 5 heteroatoms. The molecule has 1 aromatic carbocycles. The first-order chi connectivity index (χ1) is 8.61. The maximum absolute atomic E-state index is 13.5. The lowest BCUT2D eigenvalue weighted by atomic mass is 10.0. The number of carbonyl (C=O) groups excluding carboxylic acids is 1. The monoisotopic (exact) mass is 286 g/mol. The summed E-state index contributed by atoms with van der Waals surface area (Å²) < 4.78 is 13.5. The summed E-state index contributed by atoms with van der Waals surface area (Å²) in [5.74, 6) is -0.392. The first kappa shape index (κ1) is 15.9. The van der Waals surface area contributed by atoms with E-state index in [2.05, 4.69) is 5.32 Å². The molecule has 0 aliphatic carbocycles. The molecule has 1 aliphatic heterocycles. The smallest absolute Gasteiger partial charge is 0.254 e. The molecular formula is C14H20ClFN2O. The molecule has 19 heavy (non-hydrogen) atoms. The lowest BCUT2D eigenvalue weighted by molar-refractivity contribution is 0.0697. The third kappa shape index (κ3) is 3.67. The van der Waals surface area contributed by atoms with Gasteiger partial charge in [-0.2, -0.15) is 0 Å². The molecule has 1 unspecified atom stereocenters. The molecule has 1 saturated heterocycles. The molecule has 106 valence electrons. The standard InChI is InChI=1S/C14H19FN2O.ClH/c1-10-5-6-11(8-13(10)15)14(18)17-7-3-4-12(9-17)16-2;/h5-6,8,12,16H,3-4,7,9H2,1-2H3;1H. The molecule has 1 aliphatic rings. The van der Waals surface area contributed by atoms with Crippen LogP contribution in [0, 0.1) is 12.7 Å². The van der Waals surface area contributed by atoms with Gasteiger partial charge in [-0.1, -0.05) is 6.07 Å². The van der Waals surface area contributed by atoms with E-state index in [1.807, 2.05) is 7.05 Å². The zero-order chi connectivity index (χ0) is 13.1. The number of piperidine rings is 1. The number of aryl methyl sites for hydroxylation is 1. The van der Waals surface area contributed by atoms with E-state index in [-0.39, 0.29) is 24.1 Å². The highest BCUT2D eigenvalue weighted by Gasteiger charge is 2.23. The second kappa shape index (κ2) is 6.87. The Balaban J connectivity index is 0.00000180. The predicted octanol–water partition coefficient (Wildman–Crippen LogP) is 2.38. The number of carbonyl (C=O) groups is 1. The minimum Gasteiger partial charge on any atom is -0.337 e. The summed E-state index contributed by atoms with van der Waals surface area (Å²) in [7, 11) is 1.91. The van der Waals surface area contributed by atoms with Gasteiger partial charge in [0.15, 0.2) is 0 Å². The van der Waals surface area contributed by atoms with Crippen LogP contribution in [-0.2, 0) is 0 Å². The SMILES string of the molecule is CNC1CCCN(C(=O)c2ccc(C)c(F)c2)C1.Cl. The average Bonchev–Trinajstić information content (AvgIpc) is 2.41. The molecule has 1 fully saturated rings. The molecule has 1 atom stereocenters. The summed E-state index contributed by atoms with van der Waals surface area (Å²) in [6, 6.07) is 5.03. The summed E-state index contributed by atoms with van der Waals surface area (Å²) in [6.45, 7) is 3.15. The van der Waals surface area contributed by atoms with Gasteiger partial charge in [-0.3, -0.25) is 4.79 Å². The van der Waals surface area contributed by atoms with Crippen LogP contribution in [0.15, 0.2) is 18.2 Å². The molecule has 1 heterocycles. The van der Waals surface area contributed by atoms with E-state index < -0.39 is 0 Å². The van der Waals surface area contributed by atoms with Crippen molar-refractivity contribution in [3.63, 3.8) is 0 Å². The van der Waals surface area contributed by atoms with E-state index in [1.54, 1.807) is 24.0 Å². The molecule has 0 aromatic heterocycles. The van der Waals surface area contributed by atoms with Crippen molar-refractivity contribution in [1.82, 2.24) is 10.2 Å². The van der Waals surface area contributed by atoms with E-state index in [4.69, 9.17) is 0 Å². The minimum absolute atomic E-state index is 0. The Kier molecular flexibility index (Phi) is 5.76. The molecule has 1 N–H and O–H groups in total. The number of hydrogen-bond acceptors (Lipinski definition) is 2. The van der Waals surface area contributed by atoms with E-state index in [0.29, 0.717) is 23.7 Å². The summed E-state index contributed by atoms with van der Waals surface area (Å²) >= 11 is 0. The fourth-order valence-electron chi connectivity index (χ4n) is 2.31. The van der Waals surface area contributed by atoms with Crippen molar-refractivity contribution in [1.29, 1.82) is 0 Å². The number of hydrogen-bond donors (Lipinski definition) is 1. The minimum atomic E-state index is -0.317. The molecule has 0 bridgehead atoms. The number of likely N-dealkylation sites (tertiary alicyclic amines) is 1. The van der Waals surface area contributed by atoms with Gasteiger partial charge >= 0.3 is 0 Å². The second-order valence-electron chi connectivity index (χ2n) is 4.84. The highest BCUT2D eigenvalue weighted by Crippen LogP contribution is 2.15. The topological polar surface area (TPSA) is 32.3 Å². The molecule has 1 aromatic rings. The van der Waals surface area contributed by atoms with E-state index in [9.17, 15) is 9.18 Å². The zero-order valence-corrected chi connectivity index (χ0v) is 12.1. The fraction of sp³-hybridized carbons (Fsp3) is 0.500. The van der Waals surface area contributed by atoms with E-state index in [0.717, 1.165) is 19.4 Å². The summed E-state index contributed by atoms with van der Waals surface area (Å²) in [5, 5.41) is 3.19. The van der Waals surface area contributed by atoms with Crippen molar-refractivity contribution in [2.24, 2.45) is 0 Å². The van der Waals surface area contributed by atoms with Crippen molar-refractivity contribution >= 4 is 18.3 Å². The maximum Gasteiger partial charge on any atom is 0.254 e. The number of nitrogens with one attached hydrogen (secondary N) is 1. The van der Waals surface area contributed by atoms with E-state index in [1.165, 1.54) is 6.07 Å². The lowest BCUT2D eigenvalue weighted by Crippen LogP contribution is -2.46. The van der Waals surface area contributed by atoms with Crippen molar-refractivity contribution in [3.8, 4) is 0 Å². The molecule has 1 amide bonds. The second-order valence-corrected chi connectivity index (χ2v) is 4.84. The van der Waals surface area contributed by atoms with Gasteiger partial charge in [0.05, 0.1) is 0 Å². The number of nitrogens with zero attached hydrogens (tertiary/aromatic N) is 1. The molecule has 2 rings (SSSR count). The molecule has 0 radical (unpaired) electrons. The van der Waals surface area contributed by atoms with Crippen LogP contribution in [0.2, 0.25) is 0 Å². The van der Waals surface area contributed by atoms with Gasteiger partial charge in [0, 0.05) is 24.7 Å². The van der Waals surface area contributed by atoms with E-state index >= 15 is 0 Å². The number of rotatable bonds is 2. The number of benzene rings is 1. The first-order valence-electron chi connectivity index (χ1n) is 6.34. The van der Waals surface area contributed by atoms with Gasteiger partial charge in [0.2, 0.25) is 0 Å². The van der Waals surface area contributed by atoms with Crippen LogP contribution >= 0.6 is 12.4 Å². The van der Waals surface area contributed by atoms with Crippen LogP contribution in [0.5, 0.6) is 0 Å². The van der Waals surface area contributed by atoms with Gasteiger partial charge in [0.1, 0.15) is 5.82 Å². The van der Waals surface area contributed by atoms with Crippen molar-refractivity contribution < 1.29 is 9.18 Å². The van der Waals surface area contributed by atoms with Gasteiger partial charge in [-0.25, -0.2) is 4.39 Å². The highest BCUT2D eigenvalue weighted by atomic mass is 35.5. The third-order valence-corrected chi connectivity index (χ3v) is 3.54. The van der Waals surface area contributed by atoms with Crippen molar-refractivity contribution in [3.05, 3.63) is 35.1 Å². The normalized spacial score (nSPS) is 18.9. The zero-order valence-electron chi connectivity index (χ0n) is 11.3. The summed E-state index contributed by atoms with van der Waals surface area (Å²) in [5.41, 5.74) is 1.01. The largest absolute Gasteiger partial charge is 0.337 e. The third-order valence-electron chi connectivity index (χ3n) is 3.54. The lowest BCUT2D eigenvalue weighted by Gasteiger charge is -2.32. The maximum atomic E-state index is 13.5.